The SMILES string of the molecule is Cc1ccc(-c2csc(NC(=O)C(NC(=O)c3ccccc3C)C(C)C)n2)s1. The molecule has 146 valence electrons. The van der Waals surface area contributed by atoms with Gasteiger partial charge in [0, 0.05) is 15.8 Å². The Morgan fingerprint density at radius 3 is 2.46 bits per heavy atom. The zero-order chi connectivity index (χ0) is 20.3. The summed E-state index contributed by atoms with van der Waals surface area (Å²) >= 11 is 3.05. The van der Waals surface area contributed by atoms with Gasteiger partial charge in [-0.2, -0.15) is 0 Å². The normalized spacial score (nSPS) is 12.0. The number of anilines is 1. The van der Waals surface area contributed by atoms with Gasteiger partial charge in [-0.05, 0) is 43.5 Å². The fraction of sp³-hybridized carbons (Fsp3) is 0.286. The summed E-state index contributed by atoms with van der Waals surface area (Å²) in [6.45, 7) is 7.74. The fourth-order valence-corrected chi connectivity index (χ4v) is 4.40. The maximum absolute atomic E-state index is 12.8. The minimum Gasteiger partial charge on any atom is -0.340 e. The van der Waals surface area contributed by atoms with Gasteiger partial charge >= 0.3 is 0 Å². The second kappa shape index (κ2) is 8.67. The van der Waals surface area contributed by atoms with Gasteiger partial charge in [-0.3, -0.25) is 9.59 Å². The van der Waals surface area contributed by atoms with E-state index in [1.807, 2.05) is 63.4 Å². The number of carbonyl (C=O) groups excluding carboxylic acids is 2. The van der Waals surface area contributed by atoms with Gasteiger partial charge < -0.3 is 10.6 Å². The highest BCUT2D eigenvalue weighted by molar-refractivity contribution is 7.17. The highest BCUT2D eigenvalue weighted by atomic mass is 32.1. The third-order valence-electron chi connectivity index (χ3n) is 4.35. The van der Waals surface area contributed by atoms with Crippen molar-refractivity contribution in [2.75, 3.05) is 5.32 Å². The molecule has 3 aromatic rings. The zero-order valence-corrected chi connectivity index (χ0v) is 17.9. The number of nitrogens with one attached hydrogen (secondary N) is 2. The smallest absolute Gasteiger partial charge is 0.252 e. The Morgan fingerprint density at radius 2 is 1.82 bits per heavy atom. The summed E-state index contributed by atoms with van der Waals surface area (Å²) in [6, 6.07) is 10.8. The minimum atomic E-state index is -0.650. The lowest BCUT2D eigenvalue weighted by Crippen LogP contribution is -2.47. The molecule has 0 radical (unpaired) electrons. The van der Waals surface area contributed by atoms with Crippen molar-refractivity contribution in [3.8, 4) is 10.6 Å². The van der Waals surface area contributed by atoms with E-state index in [0.29, 0.717) is 10.7 Å². The first-order valence-electron chi connectivity index (χ1n) is 9.05. The largest absolute Gasteiger partial charge is 0.340 e. The van der Waals surface area contributed by atoms with Gasteiger partial charge in [0.25, 0.3) is 5.91 Å². The number of aromatic nitrogens is 1. The van der Waals surface area contributed by atoms with E-state index < -0.39 is 6.04 Å². The third-order valence-corrected chi connectivity index (χ3v) is 6.13. The molecular weight excluding hydrogens is 390 g/mol. The molecule has 0 fully saturated rings. The van der Waals surface area contributed by atoms with Crippen LogP contribution in [0.3, 0.4) is 0 Å². The Hall–Kier alpha value is -2.51. The van der Waals surface area contributed by atoms with E-state index in [1.165, 1.54) is 16.2 Å². The number of rotatable bonds is 6. The first-order chi connectivity index (χ1) is 13.3. The Bertz CT molecular complexity index is 991. The molecule has 3 rings (SSSR count). The van der Waals surface area contributed by atoms with Crippen LogP contribution in [0.5, 0.6) is 0 Å². The first kappa shape index (κ1) is 20.2. The summed E-state index contributed by atoms with van der Waals surface area (Å²) < 4.78 is 0. The Morgan fingerprint density at radius 1 is 1.07 bits per heavy atom. The molecule has 0 saturated carbocycles. The molecule has 2 heterocycles. The van der Waals surface area contributed by atoms with Gasteiger partial charge in [0.05, 0.1) is 10.6 Å². The number of benzene rings is 1. The van der Waals surface area contributed by atoms with Gasteiger partial charge in [0.1, 0.15) is 6.04 Å². The van der Waals surface area contributed by atoms with Crippen molar-refractivity contribution in [3.63, 3.8) is 0 Å². The molecule has 0 saturated heterocycles. The highest BCUT2D eigenvalue weighted by Crippen LogP contribution is 2.30. The second-order valence-corrected chi connectivity index (χ2v) is 9.09. The number of amides is 2. The van der Waals surface area contributed by atoms with E-state index in [2.05, 4.69) is 15.6 Å². The molecule has 0 spiro atoms. The van der Waals surface area contributed by atoms with Crippen LogP contribution in [0.4, 0.5) is 5.13 Å². The van der Waals surface area contributed by atoms with Crippen molar-refractivity contribution in [2.45, 2.75) is 33.7 Å². The van der Waals surface area contributed by atoms with E-state index in [-0.39, 0.29) is 17.7 Å². The number of nitrogens with zero attached hydrogens (tertiary/aromatic N) is 1. The standard InChI is InChI=1S/C21H23N3O2S2/c1-12(2)18(23-19(25)15-8-6-5-7-13(15)3)20(26)24-21-22-16(11-27-21)17-10-9-14(4)28-17/h5-12,18H,1-4H3,(H,23,25)(H,22,24,26). The molecule has 28 heavy (non-hydrogen) atoms. The average molecular weight is 414 g/mol. The first-order valence-corrected chi connectivity index (χ1v) is 10.7. The lowest BCUT2D eigenvalue weighted by Gasteiger charge is -2.21. The van der Waals surface area contributed by atoms with Crippen molar-refractivity contribution in [2.24, 2.45) is 5.92 Å². The molecule has 1 atom stereocenters. The number of hydrogen-bond donors (Lipinski definition) is 2. The molecule has 2 amide bonds. The molecule has 2 aromatic heterocycles. The topological polar surface area (TPSA) is 71.1 Å². The van der Waals surface area contributed by atoms with Crippen LogP contribution >= 0.6 is 22.7 Å². The van der Waals surface area contributed by atoms with E-state index in [4.69, 9.17) is 0 Å². The van der Waals surface area contributed by atoms with Crippen molar-refractivity contribution >= 4 is 39.6 Å². The molecule has 1 aromatic carbocycles. The number of thiophene rings is 1. The van der Waals surface area contributed by atoms with Crippen LogP contribution in [0.1, 0.15) is 34.6 Å². The molecule has 0 bridgehead atoms. The van der Waals surface area contributed by atoms with Gasteiger partial charge in [-0.15, -0.1) is 22.7 Å². The molecule has 1 unspecified atom stereocenters. The van der Waals surface area contributed by atoms with Crippen LogP contribution in [-0.2, 0) is 4.79 Å². The molecule has 0 aliphatic heterocycles. The molecule has 0 aliphatic carbocycles. The van der Waals surface area contributed by atoms with E-state index in [1.54, 1.807) is 17.4 Å². The van der Waals surface area contributed by atoms with Crippen LogP contribution in [0.25, 0.3) is 10.6 Å². The van der Waals surface area contributed by atoms with Gasteiger partial charge in [0.2, 0.25) is 5.91 Å². The fourth-order valence-electron chi connectivity index (χ4n) is 2.78. The number of aryl methyl sites for hydroxylation is 2. The predicted molar refractivity (Wildman–Crippen MR) is 116 cm³/mol. The van der Waals surface area contributed by atoms with E-state index >= 15 is 0 Å². The van der Waals surface area contributed by atoms with E-state index in [9.17, 15) is 9.59 Å². The molecule has 0 aliphatic rings. The molecule has 5 nitrogen and oxygen atoms in total. The molecule has 7 heteroatoms. The summed E-state index contributed by atoms with van der Waals surface area (Å²) in [6.07, 6.45) is 0. The Kier molecular flexibility index (Phi) is 6.26. The summed E-state index contributed by atoms with van der Waals surface area (Å²) in [5.41, 5.74) is 2.30. The van der Waals surface area contributed by atoms with Crippen LogP contribution < -0.4 is 10.6 Å². The quantitative estimate of drug-likeness (QED) is 0.605. The number of thiazole rings is 1. The van der Waals surface area contributed by atoms with Crippen LogP contribution in [0, 0.1) is 19.8 Å². The van der Waals surface area contributed by atoms with Crippen LogP contribution in [0.15, 0.2) is 41.8 Å². The zero-order valence-electron chi connectivity index (χ0n) is 16.3. The van der Waals surface area contributed by atoms with Crippen molar-refractivity contribution in [1.82, 2.24) is 10.3 Å². The second-order valence-electron chi connectivity index (χ2n) is 6.95. The Labute approximate surface area is 172 Å². The molecule has 2 N–H and O–H groups in total. The lowest BCUT2D eigenvalue weighted by atomic mass is 10.0. The van der Waals surface area contributed by atoms with Gasteiger partial charge in [-0.1, -0.05) is 32.0 Å². The third kappa shape index (κ3) is 4.66. The number of carbonyl (C=O) groups is 2. The summed E-state index contributed by atoms with van der Waals surface area (Å²) in [4.78, 5) is 32.2. The van der Waals surface area contributed by atoms with Crippen molar-refractivity contribution in [3.05, 3.63) is 57.8 Å². The predicted octanol–water partition coefficient (Wildman–Crippen LogP) is 4.88. The van der Waals surface area contributed by atoms with Gasteiger partial charge in [0.15, 0.2) is 5.13 Å². The number of hydrogen-bond acceptors (Lipinski definition) is 5. The summed E-state index contributed by atoms with van der Waals surface area (Å²) in [7, 11) is 0. The molecular formula is C21H23N3O2S2. The van der Waals surface area contributed by atoms with Crippen LogP contribution in [0.2, 0.25) is 0 Å². The minimum absolute atomic E-state index is 0.0626. The average Bonchev–Trinajstić information content (AvgIpc) is 3.28. The summed E-state index contributed by atoms with van der Waals surface area (Å²) in [5, 5.41) is 8.17. The van der Waals surface area contributed by atoms with Crippen LogP contribution in [-0.4, -0.2) is 22.8 Å². The van der Waals surface area contributed by atoms with E-state index in [0.717, 1.165) is 16.1 Å². The van der Waals surface area contributed by atoms with Crippen molar-refractivity contribution < 1.29 is 9.59 Å². The summed E-state index contributed by atoms with van der Waals surface area (Å²) in [5.74, 6) is -0.576. The van der Waals surface area contributed by atoms with Gasteiger partial charge in [-0.25, -0.2) is 4.98 Å². The Balaban J connectivity index is 1.71. The lowest BCUT2D eigenvalue weighted by molar-refractivity contribution is -0.118. The highest BCUT2D eigenvalue weighted by Gasteiger charge is 2.26. The monoisotopic (exact) mass is 413 g/mol. The maximum atomic E-state index is 12.8. The van der Waals surface area contributed by atoms with Crippen molar-refractivity contribution in [1.29, 1.82) is 0 Å². The maximum Gasteiger partial charge on any atom is 0.252 e.